The predicted molar refractivity (Wildman–Crippen MR) is 96.6 cm³/mol. The van der Waals surface area contributed by atoms with Gasteiger partial charge in [-0.1, -0.05) is 11.3 Å². The maximum atomic E-state index is 14.0. The second-order valence-electron chi connectivity index (χ2n) is 6.17. The molecule has 3 aromatic rings. The number of amides is 1. The van der Waals surface area contributed by atoms with Crippen LogP contribution >= 0.6 is 0 Å². The maximum Gasteiger partial charge on any atom is 0.231 e. The number of nitrogens with zero attached hydrogens (tertiary/aromatic N) is 6. The summed E-state index contributed by atoms with van der Waals surface area (Å²) in [5.74, 6) is 0.136. The van der Waals surface area contributed by atoms with Crippen LogP contribution in [0.1, 0.15) is 23.5 Å². The fraction of sp³-hybridized carbons (Fsp3) is 0.333. The van der Waals surface area contributed by atoms with Crippen molar-refractivity contribution in [3.8, 4) is 0 Å². The summed E-state index contributed by atoms with van der Waals surface area (Å²) < 4.78 is 15.5. The molecule has 3 aromatic heterocycles. The zero-order valence-electron chi connectivity index (χ0n) is 14.9. The van der Waals surface area contributed by atoms with E-state index in [0.29, 0.717) is 30.0 Å². The third kappa shape index (κ3) is 5.91. The fourth-order valence-corrected chi connectivity index (χ4v) is 2.50. The Morgan fingerprint density at radius 3 is 2.74 bits per heavy atom. The summed E-state index contributed by atoms with van der Waals surface area (Å²) in [6, 6.07) is 8.79. The van der Waals surface area contributed by atoms with Crippen molar-refractivity contribution < 1.29 is 9.18 Å². The maximum absolute atomic E-state index is 14.0. The standard InChI is InChI=1S/C18H20FN7O/c1-13-11-26(25-22-13)12-14(19)5-6-15-7-8-17(24-23-15)21-18(27)10-16-4-2-3-9-20-16/h2-4,7-9,11,14H,5-6,10,12H2,1H3,(H,21,24,27). The Kier molecular flexibility index (Phi) is 6.14. The third-order valence-corrected chi connectivity index (χ3v) is 3.81. The van der Waals surface area contributed by atoms with E-state index in [1.807, 2.05) is 13.0 Å². The Hall–Kier alpha value is -3.23. The van der Waals surface area contributed by atoms with Gasteiger partial charge < -0.3 is 5.32 Å². The lowest BCUT2D eigenvalue weighted by Gasteiger charge is -2.08. The van der Waals surface area contributed by atoms with Crippen molar-refractivity contribution in [3.63, 3.8) is 0 Å². The second kappa shape index (κ2) is 8.93. The zero-order chi connectivity index (χ0) is 19.1. The molecule has 0 spiro atoms. The van der Waals surface area contributed by atoms with Crippen molar-refractivity contribution in [1.29, 1.82) is 0 Å². The van der Waals surface area contributed by atoms with Gasteiger partial charge in [0.1, 0.15) is 6.17 Å². The van der Waals surface area contributed by atoms with Gasteiger partial charge in [0, 0.05) is 18.1 Å². The van der Waals surface area contributed by atoms with Gasteiger partial charge in [-0.25, -0.2) is 9.07 Å². The smallest absolute Gasteiger partial charge is 0.231 e. The number of pyridine rings is 1. The van der Waals surface area contributed by atoms with Gasteiger partial charge in [-0.15, -0.1) is 10.2 Å². The molecule has 1 atom stereocenters. The van der Waals surface area contributed by atoms with Gasteiger partial charge in [-0.05, 0) is 44.0 Å². The fourth-order valence-electron chi connectivity index (χ4n) is 2.50. The van der Waals surface area contributed by atoms with Crippen LogP contribution < -0.4 is 5.32 Å². The summed E-state index contributed by atoms with van der Waals surface area (Å²) in [6.07, 6.45) is 3.21. The molecule has 0 fully saturated rings. The molecule has 0 aliphatic rings. The number of aromatic nitrogens is 6. The van der Waals surface area contributed by atoms with Crippen molar-refractivity contribution >= 4 is 11.7 Å². The highest BCUT2D eigenvalue weighted by molar-refractivity contribution is 5.90. The van der Waals surface area contributed by atoms with E-state index in [0.717, 1.165) is 5.69 Å². The summed E-state index contributed by atoms with van der Waals surface area (Å²) >= 11 is 0. The molecule has 1 N–H and O–H groups in total. The Morgan fingerprint density at radius 1 is 1.19 bits per heavy atom. The lowest BCUT2D eigenvalue weighted by molar-refractivity contribution is -0.115. The first-order valence-electron chi connectivity index (χ1n) is 8.61. The van der Waals surface area contributed by atoms with Crippen molar-refractivity contribution in [2.45, 2.75) is 38.9 Å². The van der Waals surface area contributed by atoms with Crippen LogP contribution in [-0.4, -0.2) is 42.3 Å². The molecule has 0 aromatic carbocycles. The molecule has 0 saturated carbocycles. The van der Waals surface area contributed by atoms with Crippen LogP contribution in [-0.2, 0) is 24.2 Å². The molecule has 0 aliphatic carbocycles. The Bertz CT molecular complexity index is 867. The second-order valence-corrected chi connectivity index (χ2v) is 6.17. The minimum Gasteiger partial charge on any atom is -0.309 e. The van der Waals surface area contributed by atoms with Crippen LogP contribution in [0.3, 0.4) is 0 Å². The topological polar surface area (TPSA) is 98.5 Å². The summed E-state index contributed by atoms with van der Waals surface area (Å²) in [5.41, 5.74) is 2.10. The van der Waals surface area contributed by atoms with Gasteiger partial charge in [0.25, 0.3) is 0 Å². The molecule has 1 amide bonds. The molecular formula is C18H20FN7O. The number of nitrogens with one attached hydrogen (secondary N) is 1. The van der Waals surface area contributed by atoms with Crippen LogP contribution in [0.5, 0.6) is 0 Å². The van der Waals surface area contributed by atoms with Crippen LogP contribution in [0, 0.1) is 6.92 Å². The Labute approximate surface area is 155 Å². The van der Waals surface area contributed by atoms with E-state index < -0.39 is 6.17 Å². The summed E-state index contributed by atoms with van der Waals surface area (Å²) in [6.45, 7) is 1.97. The van der Waals surface area contributed by atoms with E-state index >= 15 is 0 Å². The first-order chi connectivity index (χ1) is 13.1. The monoisotopic (exact) mass is 369 g/mol. The van der Waals surface area contributed by atoms with Crippen molar-refractivity contribution in [1.82, 2.24) is 30.2 Å². The van der Waals surface area contributed by atoms with Crippen molar-refractivity contribution in [3.05, 3.63) is 59.8 Å². The number of alkyl halides is 1. The number of rotatable bonds is 8. The molecule has 9 heteroatoms. The number of hydrogen-bond donors (Lipinski definition) is 1. The van der Waals surface area contributed by atoms with Crippen molar-refractivity contribution in [2.24, 2.45) is 0 Å². The number of carbonyl (C=O) groups excluding carboxylic acids is 1. The number of aryl methyl sites for hydroxylation is 2. The van der Waals surface area contributed by atoms with Gasteiger partial charge in [0.2, 0.25) is 5.91 Å². The molecule has 3 rings (SSSR count). The minimum atomic E-state index is -1.05. The lowest BCUT2D eigenvalue weighted by atomic mass is 10.1. The minimum absolute atomic E-state index is 0.162. The van der Waals surface area contributed by atoms with Crippen LogP contribution in [0.15, 0.2) is 42.7 Å². The normalized spacial score (nSPS) is 11.9. The van der Waals surface area contributed by atoms with E-state index in [2.05, 4.69) is 30.8 Å². The van der Waals surface area contributed by atoms with Gasteiger partial charge >= 0.3 is 0 Å². The quantitative estimate of drug-likeness (QED) is 0.651. The Morgan fingerprint density at radius 2 is 2.07 bits per heavy atom. The third-order valence-electron chi connectivity index (χ3n) is 3.81. The largest absolute Gasteiger partial charge is 0.309 e. The molecule has 0 radical (unpaired) electrons. The van der Waals surface area contributed by atoms with E-state index in [1.54, 1.807) is 36.7 Å². The van der Waals surface area contributed by atoms with E-state index in [9.17, 15) is 9.18 Å². The van der Waals surface area contributed by atoms with Gasteiger partial charge in [-0.2, -0.15) is 5.10 Å². The predicted octanol–water partition coefficient (Wildman–Crippen LogP) is 1.92. The van der Waals surface area contributed by atoms with E-state index in [4.69, 9.17) is 0 Å². The average molecular weight is 369 g/mol. The number of hydrogen-bond acceptors (Lipinski definition) is 6. The summed E-state index contributed by atoms with van der Waals surface area (Å²) in [7, 11) is 0. The number of halogens is 1. The molecule has 3 heterocycles. The molecule has 8 nitrogen and oxygen atoms in total. The van der Waals surface area contributed by atoms with Gasteiger partial charge in [-0.3, -0.25) is 9.78 Å². The van der Waals surface area contributed by atoms with E-state index in [-0.39, 0.29) is 18.9 Å². The molecule has 0 saturated heterocycles. The molecular weight excluding hydrogens is 349 g/mol. The Balaban J connectivity index is 1.44. The average Bonchev–Trinajstić information content (AvgIpc) is 3.06. The van der Waals surface area contributed by atoms with Gasteiger partial charge in [0.15, 0.2) is 5.82 Å². The van der Waals surface area contributed by atoms with Crippen LogP contribution in [0.4, 0.5) is 10.2 Å². The highest BCUT2D eigenvalue weighted by atomic mass is 19.1. The highest BCUT2D eigenvalue weighted by Crippen LogP contribution is 2.09. The summed E-state index contributed by atoms with van der Waals surface area (Å²) in [4.78, 5) is 16.1. The van der Waals surface area contributed by atoms with E-state index in [1.165, 1.54) is 4.68 Å². The zero-order valence-corrected chi connectivity index (χ0v) is 14.9. The highest BCUT2D eigenvalue weighted by Gasteiger charge is 2.11. The van der Waals surface area contributed by atoms with Gasteiger partial charge in [0.05, 0.1) is 24.4 Å². The first kappa shape index (κ1) is 18.6. The molecule has 140 valence electrons. The summed E-state index contributed by atoms with van der Waals surface area (Å²) in [5, 5.41) is 18.4. The first-order valence-corrected chi connectivity index (χ1v) is 8.61. The van der Waals surface area contributed by atoms with Crippen LogP contribution in [0.25, 0.3) is 0 Å². The lowest BCUT2D eigenvalue weighted by Crippen LogP contribution is -2.16. The van der Waals surface area contributed by atoms with Crippen molar-refractivity contribution in [2.75, 3.05) is 5.32 Å². The molecule has 1 unspecified atom stereocenters. The molecule has 0 aliphatic heterocycles. The SMILES string of the molecule is Cc1cn(CC(F)CCc2ccc(NC(=O)Cc3ccccn3)nn2)nn1. The van der Waals surface area contributed by atoms with Crippen LogP contribution in [0.2, 0.25) is 0 Å². The molecule has 0 bridgehead atoms. The number of anilines is 1. The number of carbonyl (C=O) groups is 1. The molecule has 27 heavy (non-hydrogen) atoms.